The zero-order valence-corrected chi connectivity index (χ0v) is 7.00. The number of rotatable bonds is 4. The van der Waals surface area contributed by atoms with E-state index < -0.39 is 18.2 Å². The van der Waals surface area contributed by atoms with Gasteiger partial charge in [0, 0.05) is 0 Å². The van der Waals surface area contributed by atoms with Crippen LogP contribution in [0.1, 0.15) is 6.42 Å². The van der Waals surface area contributed by atoms with Gasteiger partial charge in [-0.15, -0.1) is 0 Å². The van der Waals surface area contributed by atoms with Crippen LogP contribution in [-0.2, 0) is 14.4 Å². The highest BCUT2D eigenvalue weighted by Gasteiger charge is 2.09. The zero-order chi connectivity index (χ0) is 8.85. The molecule has 0 unspecified atom stereocenters. The highest BCUT2D eigenvalue weighted by Crippen LogP contribution is 2.07. The maximum absolute atomic E-state index is 10.7. The van der Waals surface area contributed by atoms with E-state index >= 15 is 0 Å². The summed E-state index contributed by atoms with van der Waals surface area (Å²) in [6.07, 6.45) is 0.764. The highest BCUT2D eigenvalue weighted by molar-refractivity contribution is 9.12. The maximum atomic E-state index is 10.7. The molecule has 0 aromatic carbocycles. The van der Waals surface area contributed by atoms with E-state index in [1.54, 1.807) is 0 Å². The molecule has 0 aliphatic carbocycles. The Hall–Kier alpha value is -0.970. The van der Waals surface area contributed by atoms with Crippen LogP contribution in [0.25, 0.3) is 0 Å². The standard InChI is InChI=1S/C6H5BrO4/c7-4(1-2-8)5(9)3-6(10)11/h1-2H,3H2,(H,10,11)/b4-1+. The largest absolute Gasteiger partial charge is 0.481 e. The van der Waals surface area contributed by atoms with E-state index in [1.807, 2.05) is 0 Å². The second-order valence-electron chi connectivity index (χ2n) is 1.64. The molecule has 0 aromatic rings. The molecule has 0 radical (unpaired) electrons. The first-order valence-corrected chi connectivity index (χ1v) is 3.43. The number of carbonyl (C=O) groups excluding carboxylic acids is 2. The average molecular weight is 221 g/mol. The lowest BCUT2D eigenvalue weighted by atomic mass is 10.3. The molecule has 0 atom stereocenters. The van der Waals surface area contributed by atoms with Crippen molar-refractivity contribution < 1.29 is 19.5 Å². The zero-order valence-electron chi connectivity index (χ0n) is 5.41. The minimum absolute atomic E-state index is 0.0186. The molecule has 0 aliphatic rings. The summed E-state index contributed by atoms with van der Waals surface area (Å²) in [5, 5.41) is 8.14. The Balaban J connectivity index is 4.14. The van der Waals surface area contributed by atoms with Crippen molar-refractivity contribution in [3.05, 3.63) is 10.6 Å². The molecule has 4 nitrogen and oxygen atoms in total. The van der Waals surface area contributed by atoms with Crippen LogP contribution in [0.15, 0.2) is 10.6 Å². The van der Waals surface area contributed by atoms with Gasteiger partial charge in [0.1, 0.15) is 12.7 Å². The quantitative estimate of drug-likeness (QED) is 0.426. The van der Waals surface area contributed by atoms with Crippen LogP contribution in [0.4, 0.5) is 0 Å². The van der Waals surface area contributed by atoms with Gasteiger partial charge in [-0.1, -0.05) is 0 Å². The van der Waals surface area contributed by atoms with E-state index in [0.717, 1.165) is 6.08 Å². The van der Waals surface area contributed by atoms with Gasteiger partial charge in [0.25, 0.3) is 0 Å². The smallest absolute Gasteiger partial charge is 0.311 e. The second-order valence-corrected chi connectivity index (χ2v) is 2.50. The van der Waals surface area contributed by atoms with Gasteiger partial charge in [0.15, 0.2) is 5.78 Å². The summed E-state index contributed by atoms with van der Waals surface area (Å²) >= 11 is 2.75. The van der Waals surface area contributed by atoms with Crippen molar-refractivity contribution in [2.75, 3.05) is 0 Å². The molecule has 60 valence electrons. The van der Waals surface area contributed by atoms with Crippen LogP contribution in [-0.4, -0.2) is 23.1 Å². The number of aliphatic carboxylic acids is 1. The van der Waals surface area contributed by atoms with Crippen LogP contribution in [0, 0.1) is 0 Å². The minimum atomic E-state index is -1.22. The van der Waals surface area contributed by atoms with Crippen LogP contribution < -0.4 is 0 Å². The van der Waals surface area contributed by atoms with Crippen molar-refractivity contribution >= 4 is 34.0 Å². The summed E-state index contributed by atoms with van der Waals surface area (Å²) in [4.78, 5) is 30.4. The number of allylic oxidation sites excluding steroid dienone is 2. The number of hydrogen-bond acceptors (Lipinski definition) is 3. The van der Waals surface area contributed by atoms with E-state index in [4.69, 9.17) is 5.11 Å². The molecule has 1 N–H and O–H groups in total. The SMILES string of the molecule is O=C/C=C(/Br)C(=O)CC(=O)O. The number of Topliss-reactive ketones (excluding diaryl/α,β-unsaturated/α-hetero) is 1. The van der Waals surface area contributed by atoms with Crippen LogP contribution >= 0.6 is 15.9 Å². The fourth-order valence-corrected chi connectivity index (χ4v) is 0.623. The average Bonchev–Trinajstić information content (AvgIpc) is 1.86. The van der Waals surface area contributed by atoms with Gasteiger partial charge in [0.05, 0.1) is 4.48 Å². The summed E-state index contributed by atoms with van der Waals surface area (Å²) in [5.41, 5.74) is 0. The van der Waals surface area contributed by atoms with Crippen molar-refractivity contribution in [2.45, 2.75) is 6.42 Å². The lowest BCUT2D eigenvalue weighted by Gasteiger charge is -1.91. The summed E-state index contributed by atoms with van der Waals surface area (Å²) < 4.78 is -0.0186. The molecular weight excluding hydrogens is 216 g/mol. The predicted octanol–water partition coefficient (Wildman–Crippen LogP) is 0.508. The topological polar surface area (TPSA) is 71.4 Å². The number of ketones is 1. The molecule has 0 saturated carbocycles. The van der Waals surface area contributed by atoms with E-state index in [-0.39, 0.29) is 4.48 Å². The molecule has 5 heteroatoms. The predicted molar refractivity (Wildman–Crippen MR) is 40.3 cm³/mol. The van der Waals surface area contributed by atoms with E-state index in [9.17, 15) is 14.4 Å². The Bertz CT molecular complexity index is 219. The molecule has 0 aliphatic heterocycles. The molecule has 11 heavy (non-hydrogen) atoms. The minimum Gasteiger partial charge on any atom is -0.481 e. The molecule has 0 heterocycles. The highest BCUT2D eigenvalue weighted by atomic mass is 79.9. The Morgan fingerprint density at radius 2 is 2.00 bits per heavy atom. The molecule has 0 rings (SSSR count). The van der Waals surface area contributed by atoms with Crippen molar-refractivity contribution in [2.24, 2.45) is 0 Å². The molecule has 0 spiro atoms. The van der Waals surface area contributed by atoms with Gasteiger partial charge in [-0.25, -0.2) is 0 Å². The number of carboxylic acid groups (broad SMARTS) is 1. The first kappa shape index (κ1) is 10.0. The van der Waals surface area contributed by atoms with Crippen LogP contribution in [0.5, 0.6) is 0 Å². The van der Waals surface area contributed by atoms with Crippen LogP contribution in [0.2, 0.25) is 0 Å². The van der Waals surface area contributed by atoms with Gasteiger partial charge in [-0.05, 0) is 22.0 Å². The Kier molecular flexibility index (Phi) is 4.36. The summed E-state index contributed by atoms with van der Waals surface area (Å²) in [6.45, 7) is 0. The third kappa shape index (κ3) is 4.44. The Morgan fingerprint density at radius 3 is 2.36 bits per heavy atom. The van der Waals surface area contributed by atoms with E-state index in [0.29, 0.717) is 6.29 Å². The Morgan fingerprint density at radius 1 is 1.45 bits per heavy atom. The molecule has 0 amide bonds. The number of carbonyl (C=O) groups is 3. The van der Waals surface area contributed by atoms with Gasteiger partial charge >= 0.3 is 5.97 Å². The molecule has 0 fully saturated rings. The Labute approximate surface area is 71.0 Å². The van der Waals surface area contributed by atoms with Crippen molar-refractivity contribution in [1.82, 2.24) is 0 Å². The fourth-order valence-electron chi connectivity index (χ4n) is 0.374. The monoisotopic (exact) mass is 220 g/mol. The van der Waals surface area contributed by atoms with Gasteiger partial charge in [-0.3, -0.25) is 14.4 Å². The first-order valence-electron chi connectivity index (χ1n) is 2.64. The normalized spacial score (nSPS) is 10.8. The third-order valence-electron chi connectivity index (χ3n) is 0.793. The summed E-state index contributed by atoms with van der Waals surface area (Å²) in [6, 6.07) is 0. The summed E-state index contributed by atoms with van der Waals surface area (Å²) in [5.74, 6) is -1.84. The lowest BCUT2D eigenvalue weighted by Crippen LogP contribution is -2.06. The van der Waals surface area contributed by atoms with Crippen molar-refractivity contribution in [3.8, 4) is 0 Å². The molecule has 0 aromatic heterocycles. The van der Waals surface area contributed by atoms with Gasteiger partial charge in [-0.2, -0.15) is 0 Å². The van der Waals surface area contributed by atoms with E-state index in [2.05, 4.69) is 15.9 Å². The number of halogens is 1. The van der Waals surface area contributed by atoms with Gasteiger partial charge < -0.3 is 5.11 Å². The lowest BCUT2D eigenvalue weighted by molar-refractivity contribution is -0.139. The van der Waals surface area contributed by atoms with Crippen molar-refractivity contribution in [3.63, 3.8) is 0 Å². The fraction of sp³-hybridized carbons (Fsp3) is 0.167. The number of hydrogen-bond donors (Lipinski definition) is 1. The molecule has 0 bridgehead atoms. The maximum Gasteiger partial charge on any atom is 0.311 e. The molecular formula is C6H5BrO4. The first-order chi connectivity index (χ1) is 5.07. The number of carboxylic acids is 1. The third-order valence-corrected chi connectivity index (χ3v) is 1.50. The number of aldehydes is 1. The summed E-state index contributed by atoms with van der Waals surface area (Å²) in [7, 11) is 0. The van der Waals surface area contributed by atoms with Gasteiger partial charge in [0.2, 0.25) is 0 Å². The van der Waals surface area contributed by atoms with Crippen LogP contribution in [0.3, 0.4) is 0 Å². The van der Waals surface area contributed by atoms with E-state index in [1.165, 1.54) is 0 Å². The second kappa shape index (κ2) is 4.79. The van der Waals surface area contributed by atoms with Crippen molar-refractivity contribution in [1.29, 1.82) is 0 Å². The molecule has 0 saturated heterocycles.